The molecule has 0 fully saturated rings. The van der Waals surface area contributed by atoms with E-state index < -0.39 is 0 Å². The molecule has 2 rings (SSSR count). The van der Waals surface area contributed by atoms with Gasteiger partial charge in [0.15, 0.2) is 0 Å². The van der Waals surface area contributed by atoms with Gasteiger partial charge in [-0.2, -0.15) is 5.10 Å². The van der Waals surface area contributed by atoms with Crippen LogP contribution >= 0.6 is 11.3 Å². The summed E-state index contributed by atoms with van der Waals surface area (Å²) in [5.74, 6) is -0.0799. The van der Waals surface area contributed by atoms with Crippen molar-refractivity contribution in [3.05, 3.63) is 16.1 Å². The number of ether oxygens (including phenoxy) is 1. The highest BCUT2D eigenvalue weighted by molar-refractivity contribution is 7.21. The lowest BCUT2D eigenvalue weighted by molar-refractivity contribution is 0.0785. The maximum Gasteiger partial charge on any atom is 0.265 e. The summed E-state index contributed by atoms with van der Waals surface area (Å²) in [4.78, 5) is 15.4. The molecule has 0 saturated carbocycles. The SMILES string of the molecule is COCCCN(C)C(=O)c1sc2nnc(C)c(C)c2c1N. The molecule has 0 aromatic carbocycles. The van der Waals surface area contributed by atoms with Crippen molar-refractivity contribution < 1.29 is 9.53 Å². The lowest BCUT2D eigenvalue weighted by Gasteiger charge is -2.16. The van der Waals surface area contributed by atoms with Crippen LogP contribution in [0.2, 0.25) is 0 Å². The van der Waals surface area contributed by atoms with Gasteiger partial charge in [-0.25, -0.2) is 0 Å². The van der Waals surface area contributed by atoms with Crippen molar-refractivity contribution >= 4 is 33.1 Å². The van der Waals surface area contributed by atoms with Crippen molar-refractivity contribution in [3.63, 3.8) is 0 Å². The molecule has 0 aliphatic carbocycles. The highest BCUT2D eigenvalue weighted by Crippen LogP contribution is 2.35. The zero-order valence-corrected chi connectivity index (χ0v) is 13.6. The first-order valence-corrected chi connectivity index (χ1v) is 7.55. The number of rotatable bonds is 5. The maximum absolute atomic E-state index is 12.5. The average Bonchev–Trinajstić information content (AvgIpc) is 2.80. The lowest BCUT2D eigenvalue weighted by atomic mass is 10.1. The van der Waals surface area contributed by atoms with Crippen LogP contribution in [0, 0.1) is 13.8 Å². The zero-order valence-electron chi connectivity index (χ0n) is 12.8. The van der Waals surface area contributed by atoms with Gasteiger partial charge >= 0.3 is 0 Å². The van der Waals surface area contributed by atoms with E-state index in [0.717, 1.165) is 23.1 Å². The van der Waals surface area contributed by atoms with E-state index in [0.29, 0.717) is 28.5 Å². The largest absolute Gasteiger partial charge is 0.397 e. The Morgan fingerprint density at radius 3 is 2.76 bits per heavy atom. The molecule has 0 spiro atoms. The van der Waals surface area contributed by atoms with Gasteiger partial charge < -0.3 is 15.4 Å². The quantitative estimate of drug-likeness (QED) is 0.854. The molecule has 0 bridgehead atoms. The van der Waals surface area contributed by atoms with Gasteiger partial charge in [0.05, 0.1) is 11.4 Å². The van der Waals surface area contributed by atoms with Crippen LogP contribution < -0.4 is 5.73 Å². The number of aryl methyl sites for hydroxylation is 2. The number of amides is 1. The van der Waals surface area contributed by atoms with Crippen LogP contribution in [0.4, 0.5) is 5.69 Å². The van der Waals surface area contributed by atoms with Crippen LogP contribution in [-0.2, 0) is 4.74 Å². The third-order valence-electron chi connectivity index (χ3n) is 3.52. The van der Waals surface area contributed by atoms with E-state index in [2.05, 4.69) is 10.2 Å². The highest BCUT2D eigenvalue weighted by Gasteiger charge is 2.22. The highest BCUT2D eigenvalue weighted by atomic mass is 32.1. The van der Waals surface area contributed by atoms with Gasteiger partial charge in [0.25, 0.3) is 5.91 Å². The molecule has 0 aliphatic heterocycles. The number of hydrogen-bond donors (Lipinski definition) is 1. The van der Waals surface area contributed by atoms with Crippen molar-refractivity contribution in [2.45, 2.75) is 20.3 Å². The zero-order chi connectivity index (χ0) is 15.6. The Labute approximate surface area is 127 Å². The number of nitrogens with zero attached hydrogens (tertiary/aromatic N) is 3. The van der Waals surface area contributed by atoms with E-state index in [1.807, 2.05) is 13.8 Å². The summed E-state index contributed by atoms with van der Waals surface area (Å²) in [6.07, 6.45) is 0.793. The number of aromatic nitrogens is 2. The number of anilines is 1. The molecule has 21 heavy (non-hydrogen) atoms. The molecule has 0 unspecified atom stereocenters. The van der Waals surface area contributed by atoms with Gasteiger partial charge in [0, 0.05) is 32.7 Å². The minimum absolute atomic E-state index is 0.0799. The second-order valence-corrected chi connectivity index (χ2v) is 6.01. The van der Waals surface area contributed by atoms with Crippen molar-refractivity contribution in [1.82, 2.24) is 15.1 Å². The normalized spacial score (nSPS) is 11.0. The second-order valence-electron chi connectivity index (χ2n) is 5.01. The molecule has 0 atom stereocenters. The Morgan fingerprint density at radius 2 is 2.10 bits per heavy atom. The summed E-state index contributed by atoms with van der Waals surface area (Å²) in [6, 6.07) is 0. The monoisotopic (exact) mass is 308 g/mol. The number of methoxy groups -OCH3 is 1. The fraction of sp³-hybridized carbons (Fsp3) is 0.500. The summed E-state index contributed by atoms with van der Waals surface area (Å²) in [5, 5.41) is 9.08. The Balaban J connectivity index is 2.32. The number of nitrogen functional groups attached to an aromatic ring is 1. The molecule has 2 N–H and O–H groups in total. The molecule has 1 amide bonds. The van der Waals surface area contributed by atoms with Crippen LogP contribution in [0.5, 0.6) is 0 Å². The molecular formula is C14H20N4O2S. The van der Waals surface area contributed by atoms with Gasteiger partial charge in [-0.05, 0) is 25.8 Å². The minimum Gasteiger partial charge on any atom is -0.397 e. The smallest absolute Gasteiger partial charge is 0.265 e. The molecule has 0 saturated heterocycles. The standard InChI is InChI=1S/C14H20N4O2S/c1-8-9(2)16-17-13-10(8)11(15)12(21-13)14(19)18(3)6-5-7-20-4/h5-7,15H2,1-4H3. The van der Waals surface area contributed by atoms with Crippen LogP contribution in [0.3, 0.4) is 0 Å². The average molecular weight is 308 g/mol. The van der Waals surface area contributed by atoms with Gasteiger partial charge in [0.2, 0.25) is 0 Å². The van der Waals surface area contributed by atoms with Gasteiger partial charge in [-0.3, -0.25) is 4.79 Å². The predicted molar refractivity (Wildman–Crippen MR) is 84.8 cm³/mol. The Morgan fingerprint density at radius 1 is 1.38 bits per heavy atom. The van der Waals surface area contributed by atoms with E-state index in [1.165, 1.54) is 11.3 Å². The summed E-state index contributed by atoms with van der Waals surface area (Å²) in [6.45, 7) is 5.09. The lowest BCUT2D eigenvalue weighted by Crippen LogP contribution is -2.28. The van der Waals surface area contributed by atoms with E-state index in [-0.39, 0.29) is 5.91 Å². The summed E-state index contributed by atoms with van der Waals surface area (Å²) in [7, 11) is 3.42. The van der Waals surface area contributed by atoms with Gasteiger partial charge in [0.1, 0.15) is 9.71 Å². The van der Waals surface area contributed by atoms with Crippen LogP contribution in [0.15, 0.2) is 0 Å². The molecule has 0 radical (unpaired) electrons. The number of hydrogen-bond acceptors (Lipinski definition) is 6. The summed E-state index contributed by atoms with van der Waals surface area (Å²) in [5.41, 5.74) is 8.50. The maximum atomic E-state index is 12.5. The van der Waals surface area contributed by atoms with Crippen LogP contribution in [-0.4, -0.2) is 48.3 Å². The van der Waals surface area contributed by atoms with Crippen molar-refractivity contribution in [2.24, 2.45) is 0 Å². The Bertz CT molecular complexity index is 669. The molecule has 2 heterocycles. The molecule has 0 aliphatic rings. The first-order chi connectivity index (χ1) is 9.97. The number of fused-ring (bicyclic) bond motifs is 1. The minimum atomic E-state index is -0.0799. The van der Waals surface area contributed by atoms with Crippen LogP contribution in [0.1, 0.15) is 27.3 Å². The fourth-order valence-corrected chi connectivity index (χ4v) is 3.22. The Kier molecular flexibility index (Phi) is 4.74. The third-order valence-corrected chi connectivity index (χ3v) is 4.60. The van der Waals surface area contributed by atoms with Crippen molar-refractivity contribution in [3.8, 4) is 0 Å². The van der Waals surface area contributed by atoms with Gasteiger partial charge in [-0.15, -0.1) is 16.4 Å². The third kappa shape index (κ3) is 2.98. The van der Waals surface area contributed by atoms with Gasteiger partial charge in [-0.1, -0.05) is 0 Å². The predicted octanol–water partition coefficient (Wildman–Crippen LogP) is 2.00. The van der Waals surface area contributed by atoms with Crippen molar-refractivity contribution in [1.29, 1.82) is 0 Å². The first-order valence-electron chi connectivity index (χ1n) is 6.73. The molecule has 6 nitrogen and oxygen atoms in total. The molecular weight excluding hydrogens is 288 g/mol. The summed E-state index contributed by atoms with van der Waals surface area (Å²) < 4.78 is 5.00. The van der Waals surface area contributed by atoms with E-state index in [9.17, 15) is 4.79 Å². The van der Waals surface area contributed by atoms with E-state index in [4.69, 9.17) is 10.5 Å². The number of carbonyl (C=O) groups excluding carboxylic acids is 1. The number of nitrogens with two attached hydrogens (primary N) is 1. The first kappa shape index (κ1) is 15.7. The number of thiophene rings is 1. The Hall–Kier alpha value is -1.73. The topological polar surface area (TPSA) is 81.3 Å². The molecule has 2 aromatic heterocycles. The fourth-order valence-electron chi connectivity index (χ4n) is 2.12. The van der Waals surface area contributed by atoms with E-state index in [1.54, 1.807) is 19.1 Å². The number of carbonyl (C=O) groups is 1. The van der Waals surface area contributed by atoms with E-state index >= 15 is 0 Å². The summed E-state index contributed by atoms with van der Waals surface area (Å²) >= 11 is 1.30. The molecule has 2 aromatic rings. The molecule has 114 valence electrons. The second kappa shape index (κ2) is 6.36. The van der Waals surface area contributed by atoms with Crippen LogP contribution in [0.25, 0.3) is 10.2 Å². The van der Waals surface area contributed by atoms with Crippen molar-refractivity contribution in [2.75, 3.05) is 33.0 Å². The molecule has 7 heteroatoms.